The number of carbonyl (C=O) groups excluding carboxylic acids is 1. The first kappa shape index (κ1) is 19.1. The number of aromatic nitrogens is 3. The van der Waals surface area contributed by atoms with Crippen molar-refractivity contribution in [2.75, 3.05) is 0 Å². The van der Waals surface area contributed by atoms with Crippen molar-refractivity contribution in [3.05, 3.63) is 102 Å². The van der Waals surface area contributed by atoms with Crippen molar-refractivity contribution in [2.24, 2.45) is 5.10 Å². The summed E-state index contributed by atoms with van der Waals surface area (Å²) < 4.78 is 1.82. The Kier molecular flexibility index (Phi) is 5.61. The molecule has 2 aromatic heterocycles. The minimum Gasteiger partial charge on any atom is -0.507 e. The number of benzene rings is 2. The molecular formula is C23H19N5O2. The number of phenolic OH excluding ortho intramolecular Hbond substituents is 1. The summed E-state index contributed by atoms with van der Waals surface area (Å²) in [6.45, 7) is 0.603. The van der Waals surface area contributed by atoms with Crippen LogP contribution in [-0.4, -0.2) is 32.0 Å². The van der Waals surface area contributed by atoms with Crippen LogP contribution in [0.2, 0.25) is 0 Å². The zero-order valence-electron chi connectivity index (χ0n) is 16.0. The van der Waals surface area contributed by atoms with Crippen molar-refractivity contribution >= 4 is 12.1 Å². The molecule has 148 valence electrons. The molecule has 4 aromatic rings. The van der Waals surface area contributed by atoms with Crippen molar-refractivity contribution in [1.29, 1.82) is 0 Å². The lowest BCUT2D eigenvalue weighted by Crippen LogP contribution is -2.17. The Hall–Kier alpha value is -4.26. The Labute approximate surface area is 173 Å². The van der Waals surface area contributed by atoms with Gasteiger partial charge in [-0.05, 0) is 29.8 Å². The molecule has 0 spiro atoms. The second-order valence-corrected chi connectivity index (χ2v) is 6.57. The molecule has 30 heavy (non-hydrogen) atoms. The predicted octanol–water partition coefficient (Wildman–Crippen LogP) is 3.46. The lowest BCUT2D eigenvalue weighted by Gasteiger charge is -2.02. The fraction of sp³-hybridized carbons (Fsp3) is 0.0435. The van der Waals surface area contributed by atoms with Crippen LogP contribution in [0, 0.1) is 0 Å². The van der Waals surface area contributed by atoms with Crippen molar-refractivity contribution in [3.8, 4) is 17.0 Å². The van der Waals surface area contributed by atoms with Gasteiger partial charge in [0.25, 0.3) is 5.91 Å². The Morgan fingerprint density at radius 2 is 1.87 bits per heavy atom. The van der Waals surface area contributed by atoms with Gasteiger partial charge in [-0.2, -0.15) is 10.2 Å². The maximum atomic E-state index is 12.2. The van der Waals surface area contributed by atoms with E-state index in [-0.39, 0.29) is 11.3 Å². The van der Waals surface area contributed by atoms with Crippen molar-refractivity contribution < 1.29 is 9.90 Å². The van der Waals surface area contributed by atoms with E-state index in [0.717, 1.165) is 16.7 Å². The summed E-state index contributed by atoms with van der Waals surface area (Å²) >= 11 is 0. The van der Waals surface area contributed by atoms with Gasteiger partial charge in [0, 0.05) is 29.7 Å². The molecule has 1 amide bonds. The SMILES string of the molecule is O=C(N/N=C\c1cn(Cc2ccccc2)nc1-c1cccnc1)c1ccccc1O. The van der Waals surface area contributed by atoms with Crippen LogP contribution in [0.25, 0.3) is 11.3 Å². The van der Waals surface area contributed by atoms with Gasteiger partial charge in [0.15, 0.2) is 0 Å². The van der Waals surface area contributed by atoms with Gasteiger partial charge in [0.1, 0.15) is 11.4 Å². The van der Waals surface area contributed by atoms with Crippen LogP contribution in [0.3, 0.4) is 0 Å². The summed E-state index contributed by atoms with van der Waals surface area (Å²) in [4.78, 5) is 16.4. The van der Waals surface area contributed by atoms with Gasteiger partial charge in [-0.1, -0.05) is 42.5 Å². The number of nitrogens with zero attached hydrogens (tertiary/aromatic N) is 4. The summed E-state index contributed by atoms with van der Waals surface area (Å²) in [5.74, 6) is -0.596. The predicted molar refractivity (Wildman–Crippen MR) is 114 cm³/mol. The Bertz CT molecular complexity index is 1170. The van der Waals surface area contributed by atoms with E-state index in [4.69, 9.17) is 0 Å². The number of hydrogen-bond donors (Lipinski definition) is 2. The van der Waals surface area contributed by atoms with Crippen LogP contribution in [0.15, 0.2) is 90.4 Å². The highest BCUT2D eigenvalue weighted by Gasteiger charge is 2.12. The number of pyridine rings is 1. The van der Waals surface area contributed by atoms with Crippen LogP contribution in [-0.2, 0) is 6.54 Å². The fourth-order valence-corrected chi connectivity index (χ4v) is 3.00. The number of para-hydroxylation sites is 1. The van der Waals surface area contributed by atoms with E-state index in [1.54, 1.807) is 24.5 Å². The third-order valence-electron chi connectivity index (χ3n) is 4.43. The second-order valence-electron chi connectivity index (χ2n) is 6.57. The monoisotopic (exact) mass is 397 g/mol. The minimum absolute atomic E-state index is 0.100. The highest BCUT2D eigenvalue weighted by atomic mass is 16.3. The molecule has 0 bridgehead atoms. The Morgan fingerprint density at radius 3 is 2.63 bits per heavy atom. The molecule has 2 aromatic carbocycles. The lowest BCUT2D eigenvalue weighted by molar-refractivity contribution is 0.0952. The molecule has 7 nitrogen and oxygen atoms in total. The third-order valence-corrected chi connectivity index (χ3v) is 4.43. The molecule has 0 saturated heterocycles. The number of carbonyl (C=O) groups is 1. The maximum Gasteiger partial charge on any atom is 0.275 e. The lowest BCUT2D eigenvalue weighted by atomic mass is 10.1. The molecule has 0 radical (unpaired) electrons. The van der Waals surface area contributed by atoms with E-state index in [0.29, 0.717) is 12.2 Å². The molecular weight excluding hydrogens is 378 g/mol. The van der Waals surface area contributed by atoms with Crippen LogP contribution in [0.5, 0.6) is 5.75 Å². The zero-order chi connectivity index (χ0) is 20.8. The van der Waals surface area contributed by atoms with Gasteiger partial charge in [0.2, 0.25) is 0 Å². The number of nitrogens with one attached hydrogen (secondary N) is 1. The number of aromatic hydroxyl groups is 1. The number of hydrazone groups is 1. The highest BCUT2D eigenvalue weighted by molar-refractivity contribution is 5.97. The molecule has 2 N–H and O–H groups in total. The largest absolute Gasteiger partial charge is 0.507 e. The van der Waals surface area contributed by atoms with Gasteiger partial charge < -0.3 is 5.11 Å². The molecule has 7 heteroatoms. The zero-order valence-corrected chi connectivity index (χ0v) is 16.0. The van der Waals surface area contributed by atoms with E-state index >= 15 is 0 Å². The van der Waals surface area contributed by atoms with Crippen molar-refractivity contribution in [1.82, 2.24) is 20.2 Å². The molecule has 2 heterocycles. The summed E-state index contributed by atoms with van der Waals surface area (Å²) in [6, 6.07) is 20.1. The number of amides is 1. The van der Waals surface area contributed by atoms with Crippen LogP contribution < -0.4 is 5.43 Å². The molecule has 0 aliphatic carbocycles. The first-order chi connectivity index (χ1) is 14.7. The summed E-state index contributed by atoms with van der Waals surface area (Å²) in [7, 11) is 0. The maximum absolute atomic E-state index is 12.2. The molecule has 0 saturated carbocycles. The van der Waals surface area contributed by atoms with Gasteiger partial charge in [-0.15, -0.1) is 0 Å². The van der Waals surface area contributed by atoms with Crippen LogP contribution in [0.1, 0.15) is 21.5 Å². The number of rotatable bonds is 6. The van der Waals surface area contributed by atoms with Crippen molar-refractivity contribution in [3.63, 3.8) is 0 Å². The average Bonchev–Trinajstić information content (AvgIpc) is 3.17. The molecule has 0 aliphatic rings. The van der Waals surface area contributed by atoms with E-state index in [1.807, 2.05) is 53.3 Å². The molecule has 0 unspecified atom stereocenters. The van der Waals surface area contributed by atoms with Gasteiger partial charge in [-0.3, -0.25) is 14.5 Å². The number of hydrogen-bond acceptors (Lipinski definition) is 5. The van der Waals surface area contributed by atoms with Crippen LogP contribution >= 0.6 is 0 Å². The van der Waals surface area contributed by atoms with E-state index in [9.17, 15) is 9.90 Å². The van der Waals surface area contributed by atoms with Gasteiger partial charge in [0.05, 0.1) is 18.3 Å². The molecule has 4 rings (SSSR count). The quantitative estimate of drug-likeness (QED) is 0.385. The standard InChI is InChI=1S/C23H19N5O2/c29-21-11-5-4-10-20(21)23(30)26-25-14-19-16-28(15-17-7-2-1-3-8-17)27-22(19)18-9-6-12-24-13-18/h1-14,16,29H,15H2,(H,26,30)/b25-14-. The first-order valence-corrected chi connectivity index (χ1v) is 9.34. The number of phenols is 1. The van der Waals surface area contributed by atoms with Gasteiger partial charge >= 0.3 is 0 Å². The van der Waals surface area contributed by atoms with Crippen molar-refractivity contribution in [2.45, 2.75) is 6.54 Å². The first-order valence-electron chi connectivity index (χ1n) is 9.34. The summed E-state index contributed by atoms with van der Waals surface area (Å²) in [6.07, 6.45) is 6.83. The van der Waals surface area contributed by atoms with E-state index in [1.165, 1.54) is 18.3 Å². The Balaban J connectivity index is 1.58. The minimum atomic E-state index is -0.496. The second kappa shape index (κ2) is 8.83. The normalized spacial score (nSPS) is 10.9. The van der Waals surface area contributed by atoms with E-state index < -0.39 is 5.91 Å². The topological polar surface area (TPSA) is 92.4 Å². The fourth-order valence-electron chi connectivity index (χ4n) is 3.00. The molecule has 0 aliphatic heterocycles. The smallest absolute Gasteiger partial charge is 0.275 e. The highest BCUT2D eigenvalue weighted by Crippen LogP contribution is 2.20. The summed E-state index contributed by atoms with van der Waals surface area (Å²) in [5, 5.41) is 18.5. The average molecular weight is 397 g/mol. The van der Waals surface area contributed by atoms with E-state index in [2.05, 4.69) is 20.6 Å². The molecule has 0 atom stereocenters. The summed E-state index contributed by atoms with van der Waals surface area (Å²) in [5.41, 5.74) is 6.00. The van der Waals surface area contributed by atoms with Crippen LogP contribution in [0.4, 0.5) is 0 Å². The van der Waals surface area contributed by atoms with Gasteiger partial charge in [-0.25, -0.2) is 5.43 Å². The third kappa shape index (κ3) is 4.41. The molecule has 0 fully saturated rings. The Morgan fingerprint density at radius 1 is 1.07 bits per heavy atom.